The molecule has 1 aliphatic heterocycles. The van der Waals surface area contributed by atoms with E-state index in [1.54, 1.807) is 0 Å². The van der Waals surface area contributed by atoms with E-state index >= 15 is 0 Å². The molecule has 2 N–H and O–H groups in total. The van der Waals surface area contributed by atoms with Crippen molar-refractivity contribution in [3.05, 3.63) is 71.8 Å². The first kappa shape index (κ1) is 22.0. The van der Waals surface area contributed by atoms with Crippen molar-refractivity contribution < 1.29 is 10.2 Å². The second-order valence-electron chi connectivity index (χ2n) is 8.87. The second-order valence-corrected chi connectivity index (χ2v) is 8.87. The van der Waals surface area contributed by atoms with Crippen LogP contribution in [0.1, 0.15) is 50.9 Å². The first-order chi connectivity index (χ1) is 14.0. The SMILES string of the molecule is CC(C)[C@@H](CO)N1CN([C@H](CO)C(C)C)[C@H](c2ccccc2)[C@H]1c1ccccc1. The number of aliphatic hydroxyl groups is 2. The Labute approximate surface area is 175 Å². The van der Waals surface area contributed by atoms with Crippen molar-refractivity contribution in [1.82, 2.24) is 9.80 Å². The summed E-state index contributed by atoms with van der Waals surface area (Å²) in [6.07, 6.45) is 0. The molecular formula is C25H36N2O2. The third kappa shape index (κ3) is 4.56. The molecule has 0 saturated carbocycles. The Balaban J connectivity index is 2.15. The van der Waals surface area contributed by atoms with Crippen molar-refractivity contribution >= 4 is 0 Å². The number of nitrogens with zero attached hydrogens (tertiary/aromatic N) is 2. The van der Waals surface area contributed by atoms with Gasteiger partial charge in [-0.3, -0.25) is 9.80 Å². The lowest BCUT2D eigenvalue weighted by atomic mass is 9.89. The van der Waals surface area contributed by atoms with Crippen molar-refractivity contribution in [2.75, 3.05) is 19.9 Å². The highest BCUT2D eigenvalue weighted by molar-refractivity contribution is 5.30. The highest BCUT2D eigenvalue weighted by atomic mass is 16.3. The predicted molar refractivity (Wildman–Crippen MR) is 118 cm³/mol. The Morgan fingerprint density at radius 2 is 1.03 bits per heavy atom. The summed E-state index contributed by atoms with van der Waals surface area (Å²) in [4.78, 5) is 4.89. The molecule has 1 fully saturated rings. The molecule has 158 valence electrons. The lowest BCUT2D eigenvalue weighted by Gasteiger charge is -2.36. The molecule has 2 aromatic rings. The maximum Gasteiger partial charge on any atom is 0.0590 e. The average molecular weight is 397 g/mol. The van der Waals surface area contributed by atoms with E-state index in [1.807, 2.05) is 0 Å². The molecule has 0 radical (unpaired) electrons. The zero-order valence-corrected chi connectivity index (χ0v) is 18.1. The van der Waals surface area contributed by atoms with E-state index in [0.717, 1.165) is 6.67 Å². The van der Waals surface area contributed by atoms with Crippen LogP contribution in [0.3, 0.4) is 0 Å². The van der Waals surface area contributed by atoms with E-state index in [-0.39, 0.29) is 37.4 Å². The Hall–Kier alpha value is -1.72. The number of hydrogen-bond acceptors (Lipinski definition) is 4. The number of benzene rings is 2. The van der Waals surface area contributed by atoms with Crippen LogP contribution in [0.15, 0.2) is 60.7 Å². The second kappa shape index (κ2) is 9.86. The summed E-state index contributed by atoms with van der Waals surface area (Å²) in [5.41, 5.74) is 2.51. The number of aliphatic hydroxyl groups excluding tert-OH is 2. The molecule has 1 heterocycles. The van der Waals surface area contributed by atoms with E-state index < -0.39 is 0 Å². The molecule has 0 aliphatic carbocycles. The minimum atomic E-state index is 0.0583. The van der Waals surface area contributed by atoms with Gasteiger partial charge in [0.25, 0.3) is 0 Å². The van der Waals surface area contributed by atoms with Crippen molar-refractivity contribution in [3.63, 3.8) is 0 Å². The lowest BCUT2D eigenvalue weighted by molar-refractivity contribution is 0.0469. The van der Waals surface area contributed by atoms with Gasteiger partial charge in [-0.15, -0.1) is 0 Å². The number of rotatable bonds is 8. The Bertz CT molecular complexity index is 672. The molecule has 3 rings (SSSR count). The topological polar surface area (TPSA) is 46.9 Å². The fraction of sp³-hybridized carbons (Fsp3) is 0.520. The van der Waals surface area contributed by atoms with E-state index in [0.29, 0.717) is 11.8 Å². The van der Waals surface area contributed by atoms with Crippen LogP contribution in [0.5, 0.6) is 0 Å². The summed E-state index contributed by atoms with van der Waals surface area (Å²) in [5.74, 6) is 0.656. The van der Waals surface area contributed by atoms with E-state index in [1.165, 1.54) is 11.1 Å². The van der Waals surface area contributed by atoms with E-state index in [4.69, 9.17) is 0 Å². The zero-order valence-electron chi connectivity index (χ0n) is 18.1. The van der Waals surface area contributed by atoms with Crippen LogP contribution in [0.2, 0.25) is 0 Å². The summed E-state index contributed by atoms with van der Waals surface area (Å²) < 4.78 is 0. The highest BCUT2D eigenvalue weighted by Gasteiger charge is 2.47. The summed E-state index contributed by atoms with van der Waals surface area (Å²) >= 11 is 0. The Kier molecular flexibility index (Phi) is 7.47. The van der Waals surface area contributed by atoms with E-state index in [2.05, 4.69) is 98.2 Å². The average Bonchev–Trinajstić information content (AvgIpc) is 3.09. The van der Waals surface area contributed by atoms with Crippen molar-refractivity contribution in [3.8, 4) is 0 Å². The molecule has 1 aliphatic rings. The highest BCUT2D eigenvalue weighted by Crippen LogP contribution is 2.47. The first-order valence-corrected chi connectivity index (χ1v) is 10.8. The van der Waals surface area contributed by atoms with Gasteiger partial charge < -0.3 is 10.2 Å². The maximum atomic E-state index is 10.3. The van der Waals surface area contributed by atoms with Crippen molar-refractivity contribution in [1.29, 1.82) is 0 Å². The molecule has 0 unspecified atom stereocenters. The van der Waals surface area contributed by atoms with Gasteiger partial charge in [-0.25, -0.2) is 0 Å². The van der Waals surface area contributed by atoms with Gasteiger partial charge in [0.15, 0.2) is 0 Å². The molecule has 29 heavy (non-hydrogen) atoms. The first-order valence-electron chi connectivity index (χ1n) is 10.8. The van der Waals surface area contributed by atoms with Gasteiger partial charge in [0.05, 0.1) is 32.0 Å². The van der Waals surface area contributed by atoms with Gasteiger partial charge >= 0.3 is 0 Å². The van der Waals surface area contributed by atoms with Crippen LogP contribution in [0.25, 0.3) is 0 Å². The third-order valence-corrected chi connectivity index (χ3v) is 6.39. The van der Waals surface area contributed by atoms with Gasteiger partial charge in [-0.2, -0.15) is 0 Å². The third-order valence-electron chi connectivity index (χ3n) is 6.39. The monoisotopic (exact) mass is 396 g/mol. The quantitative estimate of drug-likeness (QED) is 0.706. The predicted octanol–water partition coefficient (Wildman–Crippen LogP) is 4.08. The number of hydrogen-bond donors (Lipinski definition) is 2. The van der Waals surface area contributed by atoms with Gasteiger partial charge in [-0.05, 0) is 23.0 Å². The Morgan fingerprint density at radius 1 is 0.690 bits per heavy atom. The fourth-order valence-corrected chi connectivity index (χ4v) is 4.79. The molecule has 0 aromatic heterocycles. The van der Waals surface area contributed by atoms with Crippen LogP contribution < -0.4 is 0 Å². The molecule has 4 atom stereocenters. The summed E-state index contributed by atoms with van der Waals surface area (Å²) in [7, 11) is 0. The van der Waals surface area contributed by atoms with Gasteiger partial charge in [0.2, 0.25) is 0 Å². The summed E-state index contributed by atoms with van der Waals surface area (Å²) in [6.45, 7) is 9.68. The normalized spacial score (nSPS) is 23.0. The zero-order chi connectivity index (χ0) is 21.0. The van der Waals surface area contributed by atoms with Crippen LogP contribution in [0.4, 0.5) is 0 Å². The van der Waals surface area contributed by atoms with Crippen molar-refractivity contribution in [2.45, 2.75) is 51.9 Å². The molecule has 4 nitrogen and oxygen atoms in total. The van der Waals surface area contributed by atoms with Gasteiger partial charge in [0, 0.05) is 12.1 Å². The molecule has 1 saturated heterocycles. The molecule has 2 aromatic carbocycles. The lowest BCUT2D eigenvalue weighted by Crippen LogP contribution is -2.45. The minimum Gasteiger partial charge on any atom is -0.395 e. The summed E-state index contributed by atoms with van der Waals surface area (Å²) in [6, 6.07) is 21.6. The van der Waals surface area contributed by atoms with Crippen LogP contribution in [0, 0.1) is 11.8 Å². The molecule has 4 heteroatoms. The standard InChI is InChI=1S/C25H36N2O2/c1-18(2)22(15-28)26-17-27(23(16-29)19(3)4)25(21-13-9-6-10-14-21)24(26)20-11-7-5-8-12-20/h5-14,18-19,22-25,28-29H,15-17H2,1-4H3/t22-,23-,24-,25-/m1/s1. The van der Waals surface area contributed by atoms with Gasteiger partial charge in [0.1, 0.15) is 0 Å². The van der Waals surface area contributed by atoms with Crippen molar-refractivity contribution in [2.24, 2.45) is 11.8 Å². The summed E-state index contributed by atoms with van der Waals surface area (Å²) in [5, 5.41) is 20.5. The molecule has 0 amide bonds. The molecular weight excluding hydrogens is 360 g/mol. The fourth-order valence-electron chi connectivity index (χ4n) is 4.79. The minimum absolute atomic E-state index is 0.0583. The van der Waals surface area contributed by atoms with Crippen LogP contribution >= 0.6 is 0 Å². The van der Waals surface area contributed by atoms with E-state index in [9.17, 15) is 10.2 Å². The van der Waals surface area contributed by atoms with Gasteiger partial charge in [-0.1, -0.05) is 88.4 Å². The smallest absolute Gasteiger partial charge is 0.0590 e. The molecule has 0 bridgehead atoms. The van der Waals surface area contributed by atoms with Crippen LogP contribution in [-0.4, -0.2) is 52.0 Å². The molecule has 0 spiro atoms. The largest absolute Gasteiger partial charge is 0.395 e. The Morgan fingerprint density at radius 3 is 1.31 bits per heavy atom. The maximum absolute atomic E-state index is 10.3. The van der Waals surface area contributed by atoms with Crippen LogP contribution in [-0.2, 0) is 0 Å².